The van der Waals surface area contributed by atoms with Crippen LogP contribution in [0.1, 0.15) is 30.5 Å². The van der Waals surface area contributed by atoms with Crippen LogP contribution in [0.15, 0.2) is 48.5 Å². The maximum absolute atomic E-state index is 12.4. The molecule has 0 radical (unpaired) electrons. The molecular formula is C23H30N2O3. The first kappa shape index (κ1) is 20.4. The molecule has 1 atom stereocenters. The van der Waals surface area contributed by atoms with Crippen molar-refractivity contribution in [2.75, 3.05) is 26.3 Å². The molecule has 0 bridgehead atoms. The second-order valence-corrected chi connectivity index (χ2v) is 7.14. The van der Waals surface area contributed by atoms with Gasteiger partial charge in [-0.05, 0) is 36.1 Å². The van der Waals surface area contributed by atoms with Gasteiger partial charge in [0, 0.05) is 26.2 Å². The summed E-state index contributed by atoms with van der Waals surface area (Å²) in [5.74, 6) is 0.670. The van der Waals surface area contributed by atoms with Gasteiger partial charge in [-0.1, -0.05) is 49.4 Å². The summed E-state index contributed by atoms with van der Waals surface area (Å²) in [5.41, 5.74) is 3.48. The van der Waals surface area contributed by atoms with Gasteiger partial charge in [0.05, 0.1) is 13.2 Å². The topological polar surface area (TPSA) is 50.8 Å². The minimum absolute atomic E-state index is 0.108. The summed E-state index contributed by atoms with van der Waals surface area (Å²) in [4.78, 5) is 14.8. The normalized spacial score (nSPS) is 15.8. The zero-order valence-electron chi connectivity index (χ0n) is 16.8. The maximum Gasteiger partial charge on any atom is 0.261 e. The Morgan fingerprint density at radius 2 is 1.79 bits per heavy atom. The number of aryl methyl sites for hydroxylation is 1. The van der Waals surface area contributed by atoms with Crippen LogP contribution in [-0.4, -0.2) is 43.2 Å². The molecule has 28 heavy (non-hydrogen) atoms. The van der Waals surface area contributed by atoms with Gasteiger partial charge in [0.2, 0.25) is 0 Å². The van der Waals surface area contributed by atoms with Crippen LogP contribution in [0, 0.1) is 0 Å². The molecule has 5 nitrogen and oxygen atoms in total. The molecule has 1 aliphatic heterocycles. The molecule has 0 saturated carbocycles. The fraction of sp³-hybridized carbons (Fsp3) is 0.435. The number of rotatable bonds is 8. The number of hydrogen-bond donors (Lipinski definition) is 1. The molecule has 1 unspecified atom stereocenters. The average molecular weight is 383 g/mol. The molecule has 150 valence electrons. The molecule has 0 spiro atoms. The molecule has 1 N–H and O–H groups in total. The molecule has 3 rings (SSSR count). The van der Waals surface area contributed by atoms with E-state index in [4.69, 9.17) is 9.47 Å². The fourth-order valence-electron chi connectivity index (χ4n) is 3.27. The minimum atomic E-state index is -0.534. The Bertz CT molecular complexity index is 755. The fourth-order valence-corrected chi connectivity index (χ4v) is 3.27. The molecule has 1 saturated heterocycles. The van der Waals surface area contributed by atoms with Gasteiger partial charge < -0.3 is 14.8 Å². The highest BCUT2D eigenvalue weighted by Gasteiger charge is 2.16. The first-order valence-electron chi connectivity index (χ1n) is 10.1. The smallest absolute Gasteiger partial charge is 0.261 e. The molecule has 0 aromatic heterocycles. The molecule has 1 aliphatic rings. The van der Waals surface area contributed by atoms with Gasteiger partial charge in [-0.15, -0.1) is 0 Å². The summed E-state index contributed by atoms with van der Waals surface area (Å²) in [6.45, 7) is 8.90. The Morgan fingerprint density at radius 1 is 1.11 bits per heavy atom. The molecule has 1 heterocycles. The first-order valence-corrected chi connectivity index (χ1v) is 10.1. The Labute approximate surface area is 167 Å². The van der Waals surface area contributed by atoms with Gasteiger partial charge in [-0.3, -0.25) is 9.69 Å². The van der Waals surface area contributed by atoms with E-state index in [0.717, 1.165) is 56.1 Å². The van der Waals surface area contributed by atoms with E-state index in [2.05, 4.69) is 41.4 Å². The number of carbonyl (C=O) groups excluding carboxylic acids is 1. The van der Waals surface area contributed by atoms with Crippen LogP contribution in [0.3, 0.4) is 0 Å². The van der Waals surface area contributed by atoms with Crippen LogP contribution >= 0.6 is 0 Å². The Kier molecular flexibility index (Phi) is 7.46. The molecule has 2 aromatic rings. The van der Waals surface area contributed by atoms with Crippen LogP contribution in [-0.2, 0) is 29.0 Å². The molecule has 1 fully saturated rings. The lowest BCUT2D eigenvalue weighted by Gasteiger charge is -2.26. The monoisotopic (exact) mass is 382 g/mol. The zero-order chi connectivity index (χ0) is 19.8. The van der Waals surface area contributed by atoms with Crippen molar-refractivity contribution in [3.05, 3.63) is 65.2 Å². The number of nitrogens with zero attached hydrogens (tertiary/aromatic N) is 1. The SMILES string of the molecule is CCc1ccccc1OC(C)C(=O)NCc1ccc(CN2CCOCC2)cc1. The van der Waals surface area contributed by atoms with E-state index in [0.29, 0.717) is 6.54 Å². The summed E-state index contributed by atoms with van der Waals surface area (Å²) in [6.07, 6.45) is 0.342. The lowest BCUT2D eigenvalue weighted by molar-refractivity contribution is -0.127. The number of ether oxygens (including phenoxy) is 2. The summed E-state index contributed by atoms with van der Waals surface area (Å²) in [7, 11) is 0. The van der Waals surface area contributed by atoms with Crippen molar-refractivity contribution in [2.45, 2.75) is 39.5 Å². The molecule has 0 aliphatic carbocycles. The van der Waals surface area contributed by atoms with E-state index < -0.39 is 6.10 Å². The molecule has 5 heteroatoms. The standard InChI is InChI=1S/C23H30N2O3/c1-3-21-6-4-5-7-22(21)28-18(2)23(26)24-16-19-8-10-20(11-9-19)17-25-12-14-27-15-13-25/h4-11,18H,3,12-17H2,1-2H3,(H,24,26). The van der Waals surface area contributed by atoms with Crippen molar-refractivity contribution in [3.8, 4) is 5.75 Å². The Morgan fingerprint density at radius 3 is 2.50 bits per heavy atom. The van der Waals surface area contributed by atoms with Crippen molar-refractivity contribution in [1.82, 2.24) is 10.2 Å². The van der Waals surface area contributed by atoms with E-state index in [1.807, 2.05) is 24.3 Å². The lowest BCUT2D eigenvalue weighted by atomic mass is 10.1. The third-order valence-electron chi connectivity index (χ3n) is 5.03. The largest absolute Gasteiger partial charge is 0.481 e. The van der Waals surface area contributed by atoms with Gasteiger partial charge in [0.25, 0.3) is 5.91 Å². The quantitative estimate of drug-likeness (QED) is 0.762. The highest BCUT2D eigenvalue weighted by Crippen LogP contribution is 2.19. The van der Waals surface area contributed by atoms with Crippen LogP contribution in [0.4, 0.5) is 0 Å². The molecule has 1 amide bonds. The van der Waals surface area contributed by atoms with E-state index in [1.54, 1.807) is 6.92 Å². The number of nitrogens with one attached hydrogen (secondary N) is 1. The third kappa shape index (κ3) is 5.81. The Hall–Kier alpha value is -2.37. The van der Waals surface area contributed by atoms with E-state index >= 15 is 0 Å². The molecule has 2 aromatic carbocycles. The lowest BCUT2D eigenvalue weighted by Crippen LogP contribution is -2.36. The number of amides is 1. The van der Waals surface area contributed by atoms with Crippen LogP contribution in [0.2, 0.25) is 0 Å². The highest BCUT2D eigenvalue weighted by molar-refractivity contribution is 5.80. The van der Waals surface area contributed by atoms with Crippen LogP contribution in [0.5, 0.6) is 5.75 Å². The van der Waals surface area contributed by atoms with Gasteiger partial charge in [0.15, 0.2) is 6.10 Å². The van der Waals surface area contributed by atoms with Gasteiger partial charge in [-0.2, -0.15) is 0 Å². The maximum atomic E-state index is 12.4. The number of benzene rings is 2. The minimum Gasteiger partial charge on any atom is -0.481 e. The van der Waals surface area contributed by atoms with Crippen molar-refractivity contribution in [2.24, 2.45) is 0 Å². The second-order valence-electron chi connectivity index (χ2n) is 7.14. The van der Waals surface area contributed by atoms with Gasteiger partial charge >= 0.3 is 0 Å². The van der Waals surface area contributed by atoms with Crippen molar-refractivity contribution in [3.63, 3.8) is 0 Å². The summed E-state index contributed by atoms with van der Waals surface area (Å²) < 4.78 is 11.3. The van der Waals surface area contributed by atoms with Crippen molar-refractivity contribution < 1.29 is 14.3 Å². The van der Waals surface area contributed by atoms with E-state index in [9.17, 15) is 4.79 Å². The summed E-state index contributed by atoms with van der Waals surface area (Å²) in [6, 6.07) is 16.3. The Balaban J connectivity index is 1.47. The molecular weight excluding hydrogens is 352 g/mol. The predicted octanol–water partition coefficient (Wildman–Crippen LogP) is 3.16. The third-order valence-corrected chi connectivity index (χ3v) is 5.03. The second kappa shape index (κ2) is 10.2. The van der Waals surface area contributed by atoms with Gasteiger partial charge in [-0.25, -0.2) is 0 Å². The van der Waals surface area contributed by atoms with Gasteiger partial charge in [0.1, 0.15) is 5.75 Å². The zero-order valence-corrected chi connectivity index (χ0v) is 16.8. The van der Waals surface area contributed by atoms with Crippen LogP contribution < -0.4 is 10.1 Å². The highest BCUT2D eigenvalue weighted by atomic mass is 16.5. The van der Waals surface area contributed by atoms with E-state index in [-0.39, 0.29) is 5.91 Å². The number of carbonyl (C=O) groups is 1. The number of hydrogen-bond acceptors (Lipinski definition) is 4. The summed E-state index contributed by atoms with van der Waals surface area (Å²) >= 11 is 0. The average Bonchev–Trinajstić information content (AvgIpc) is 2.74. The predicted molar refractivity (Wildman–Crippen MR) is 110 cm³/mol. The summed E-state index contributed by atoms with van der Waals surface area (Å²) in [5, 5.41) is 2.97. The first-order chi connectivity index (χ1) is 13.7. The van der Waals surface area contributed by atoms with Crippen molar-refractivity contribution >= 4 is 5.91 Å². The van der Waals surface area contributed by atoms with Crippen molar-refractivity contribution in [1.29, 1.82) is 0 Å². The van der Waals surface area contributed by atoms with E-state index in [1.165, 1.54) is 5.56 Å². The number of para-hydroxylation sites is 1. The number of morpholine rings is 1. The van der Waals surface area contributed by atoms with Crippen LogP contribution in [0.25, 0.3) is 0 Å².